The molecule has 1 aromatic rings. The van der Waals surface area contributed by atoms with Crippen LogP contribution in [0.15, 0.2) is 23.2 Å². The average Bonchev–Trinajstić information content (AvgIpc) is 3.14. The molecule has 2 aliphatic rings. The second-order valence-electron chi connectivity index (χ2n) is 6.69. The van der Waals surface area contributed by atoms with Gasteiger partial charge in [0.2, 0.25) is 0 Å². The minimum Gasteiger partial charge on any atom is -0.486 e. The molecule has 0 amide bonds. The molecule has 0 aromatic heterocycles. The van der Waals surface area contributed by atoms with E-state index < -0.39 is 0 Å². The van der Waals surface area contributed by atoms with Crippen LogP contribution in [0.4, 0.5) is 0 Å². The Bertz CT molecular complexity index is 606. The van der Waals surface area contributed by atoms with Crippen LogP contribution < -0.4 is 20.1 Å². The number of hydrogen-bond acceptors (Lipinski definition) is 4. The van der Waals surface area contributed by atoms with Gasteiger partial charge >= 0.3 is 0 Å². The number of ether oxygens (including phenoxy) is 2. The zero-order valence-electron chi connectivity index (χ0n) is 15.7. The third kappa shape index (κ3) is 5.12. The van der Waals surface area contributed by atoms with Crippen molar-refractivity contribution in [3.05, 3.63) is 23.8 Å². The number of hydrogen-bond donors (Lipinski definition) is 2. The SMILES string of the molecule is CN=C(NCCSC)NCC1(c2ccc3c(c2)OCCO3)CCCC1.I. The molecule has 3 rings (SSSR count). The van der Waals surface area contributed by atoms with Gasteiger partial charge in [-0.05, 0) is 36.8 Å². The van der Waals surface area contributed by atoms with Crippen molar-refractivity contribution in [1.82, 2.24) is 10.6 Å². The maximum atomic E-state index is 5.80. The van der Waals surface area contributed by atoms with Gasteiger partial charge in [-0.25, -0.2) is 0 Å². The van der Waals surface area contributed by atoms with Crippen LogP contribution in [0.1, 0.15) is 31.2 Å². The predicted molar refractivity (Wildman–Crippen MR) is 121 cm³/mol. The van der Waals surface area contributed by atoms with E-state index in [1.165, 1.54) is 31.2 Å². The molecule has 26 heavy (non-hydrogen) atoms. The van der Waals surface area contributed by atoms with Crippen molar-refractivity contribution in [3.63, 3.8) is 0 Å². The summed E-state index contributed by atoms with van der Waals surface area (Å²) in [6.45, 7) is 3.09. The van der Waals surface area contributed by atoms with Gasteiger partial charge < -0.3 is 20.1 Å². The van der Waals surface area contributed by atoms with Crippen molar-refractivity contribution in [2.45, 2.75) is 31.1 Å². The summed E-state index contributed by atoms with van der Waals surface area (Å²) < 4.78 is 11.5. The van der Waals surface area contributed by atoms with E-state index in [9.17, 15) is 0 Å². The fourth-order valence-electron chi connectivity index (χ4n) is 3.74. The van der Waals surface area contributed by atoms with Gasteiger partial charge in [0.15, 0.2) is 17.5 Å². The van der Waals surface area contributed by atoms with E-state index in [1.54, 1.807) is 0 Å². The van der Waals surface area contributed by atoms with Crippen molar-refractivity contribution in [1.29, 1.82) is 0 Å². The highest BCUT2D eigenvalue weighted by Crippen LogP contribution is 2.43. The zero-order chi connectivity index (χ0) is 17.5. The van der Waals surface area contributed by atoms with E-state index in [0.29, 0.717) is 13.2 Å². The molecule has 7 heteroatoms. The van der Waals surface area contributed by atoms with Crippen molar-refractivity contribution >= 4 is 41.7 Å². The summed E-state index contributed by atoms with van der Waals surface area (Å²) in [4.78, 5) is 4.36. The van der Waals surface area contributed by atoms with Crippen LogP contribution in [0, 0.1) is 0 Å². The first kappa shape index (κ1) is 21.5. The van der Waals surface area contributed by atoms with Gasteiger partial charge in [0.1, 0.15) is 13.2 Å². The number of benzene rings is 1. The molecule has 0 bridgehead atoms. The Kier molecular flexibility index (Phi) is 8.66. The molecule has 1 heterocycles. The van der Waals surface area contributed by atoms with E-state index >= 15 is 0 Å². The van der Waals surface area contributed by atoms with Gasteiger partial charge in [0, 0.05) is 31.3 Å². The highest BCUT2D eigenvalue weighted by Gasteiger charge is 2.36. The quantitative estimate of drug-likeness (QED) is 0.277. The lowest BCUT2D eigenvalue weighted by Crippen LogP contribution is -2.45. The molecule has 1 aromatic carbocycles. The highest BCUT2D eigenvalue weighted by atomic mass is 127. The summed E-state index contributed by atoms with van der Waals surface area (Å²) >= 11 is 1.84. The highest BCUT2D eigenvalue weighted by molar-refractivity contribution is 14.0. The maximum Gasteiger partial charge on any atom is 0.191 e. The van der Waals surface area contributed by atoms with E-state index in [-0.39, 0.29) is 29.4 Å². The molecule has 5 nitrogen and oxygen atoms in total. The van der Waals surface area contributed by atoms with Crippen LogP contribution in [0.3, 0.4) is 0 Å². The van der Waals surface area contributed by atoms with Gasteiger partial charge in [-0.2, -0.15) is 11.8 Å². The number of thioether (sulfide) groups is 1. The molecule has 0 unspecified atom stereocenters. The summed E-state index contributed by atoms with van der Waals surface area (Å²) in [5.41, 5.74) is 1.49. The van der Waals surface area contributed by atoms with E-state index in [4.69, 9.17) is 9.47 Å². The van der Waals surface area contributed by atoms with Crippen LogP contribution >= 0.6 is 35.7 Å². The Balaban J connectivity index is 0.00000243. The van der Waals surface area contributed by atoms with E-state index in [2.05, 4.69) is 40.1 Å². The Morgan fingerprint density at radius 2 is 1.88 bits per heavy atom. The third-order valence-corrected chi connectivity index (χ3v) is 5.74. The second-order valence-corrected chi connectivity index (χ2v) is 7.68. The molecular formula is C19H30IN3O2S. The predicted octanol–water partition coefficient (Wildman–Crippen LogP) is 3.42. The van der Waals surface area contributed by atoms with Gasteiger partial charge in [-0.3, -0.25) is 4.99 Å². The largest absolute Gasteiger partial charge is 0.486 e. The van der Waals surface area contributed by atoms with E-state index in [1.807, 2.05) is 18.8 Å². The van der Waals surface area contributed by atoms with Crippen molar-refractivity contribution in [2.75, 3.05) is 45.4 Å². The summed E-state index contributed by atoms with van der Waals surface area (Å²) in [7, 11) is 1.83. The second kappa shape index (κ2) is 10.5. The van der Waals surface area contributed by atoms with Gasteiger partial charge in [0.05, 0.1) is 0 Å². The fourth-order valence-corrected chi connectivity index (χ4v) is 4.04. The van der Waals surface area contributed by atoms with Crippen LogP contribution in [0.5, 0.6) is 11.5 Å². The molecule has 1 aliphatic carbocycles. The lowest BCUT2D eigenvalue weighted by molar-refractivity contribution is 0.171. The lowest BCUT2D eigenvalue weighted by atomic mass is 9.78. The van der Waals surface area contributed by atoms with Crippen molar-refractivity contribution in [3.8, 4) is 11.5 Å². The first-order valence-electron chi connectivity index (χ1n) is 9.11. The molecule has 0 saturated heterocycles. The monoisotopic (exact) mass is 491 g/mol. The molecule has 1 aliphatic heterocycles. The minimum atomic E-state index is 0. The number of halogens is 1. The van der Waals surface area contributed by atoms with Gasteiger partial charge in [-0.1, -0.05) is 18.9 Å². The fraction of sp³-hybridized carbons (Fsp3) is 0.632. The molecule has 1 fully saturated rings. The number of fused-ring (bicyclic) bond motifs is 1. The van der Waals surface area contributed by atoms with Crippen molar-refractivity contribution in [2.24, 2.45) is 4.99 Å². The Labute approximate surface area is 178 Å². The normalized spacial score (nSPS) is 18.2. The molecule has 0 radical (unpaired) electrons. The first-order chi connectivity index (χ1) is 12.3. The Morgan fingerprint density at radius 1 is 1.15 bits per heavy atom. The van der Waals surface area contributed by atoms with E-state index in [0.717, 1.165) is 36.3 Å². The Morgan fingerprint density at radius 3 is 2.58 bits per heavy atom. The van der Waals surface area contributed by atoms with Crippen LogP contribution in [-0.2, 0) is 5.41 Å². The molecular weight excluding hydrogens is 461 g/mol. The van der Waals surface area contributed by atoms with Crippen LogP contribution in [-0.4, -0.2) is 51.3 Å². The summed E-state index contributed by atoms with van der Waals surface area (Å²) in [6, 6.07) is 6.46. The van der Waals surface area contributed by atoms with Crippen LogP contribution in [0.2, 0.25) is 0 Å². The zero-order valence-corrected chi connectivity index (χ0v) is 18.8. The van der Waals surface area contributed by atoms with Gasteiger partial charge in [0.25, 0.3) is 0 Å². The standard InChI is InChI=1S/C19H29N3O2S.HI/c1-20-18(21-9-12-25-2)22-14-19(7-3-4-8-19)15-5-6-16-17(13-15)24-11-10-23-16;/h5-6,13H,3-4,7-12,14H2,1-2H3,(H2,20,21,22);1H. The molecule has 2 N–H and O–H groups in total. The smallest absolute Gasteiger partial charge is 0.191 e. The van der Waals surface area contributed by atoms with Crippen LogP contribution in [0.25, 0.3) is 0 Å². The number of rotatable bonds is 6. The topological polar surface area (TPSA) is 54.9 Å². The summed E-state index contributed by atoms with van der Waals surface area (Å²) in [5, 5.41) is 6.93. The third-order valence-electron chi connectivity index (χ3n) is 5.13. The summed E-state index contributed by atoms with van der Waals surface area (Å²) in [6.07, 6.45) is 7.05. The first-order valence-corrected chi connectivity index (χ1v) is 10.5. The maximum absolute atomic E-state index is 5.80. The lowest BCUT2D eigenvalue weighted by Gasteiger charge is -2.32. The number of guanidine groups is 1. The molecule has 146 valence electrons. The van der Waals surface area contributed by atoms with Crippen molar-refractivity contribution < 1.29 is 9.47 Å². The summed E-state index contributed by atoms with van der Waals surface area (Å²) in [5.74, 6) is 3.72. The Hall–Kier alpha value is -0.830. The molecule has 0 spiro atoms. The number of aliphatic imine (C=N–C) groups is 1. The number of nitrogens with one attached hydrogen (secondary N) is 2. The molecule has 1 saturated carbocycles. The van der Waals surface area contributed by atoms with Gasteiger partial charge in [-0.15, -0.1) is 24.0 Å². The number of nitrogens with zero attached hydrogens (tertiary/aromatic N) is 1. The molecule has 0 atom stereocenters. The minimum absolute atomic E-state index is 0. The average molecular weight is 491 g/mol.